The Morgan fingerprint density at radius 2 is 1.78 bits per heavy atom. The van der Waals surface area contributed by atoms with Crippen molar-refractivity contribution in [1.29, 1.82) is 0 Å². The minimum atomic E-state index is -0.301. The van der Waals surface area contributed by atoms with Crippen LogP contribution < -0.4 is 5.32 Å². The lowest BCUT2D eigenvalue weighted by atomic mass is 9.99. The summed E-state index contributed by atoms with van der Waals surface area (Å²) in [6.07, 6.45) is 15.1. The van der Waals surface area contributed by atoms with Crippen molar-refractivity contribution in [3.05, 3.63) is 127 Å². The molecule has 0 fully saturated rings. The van der Waals surface area contributed by atoms with E-state index in [4.69, 9.17) is 4.98 Å². The van der Waals surface area contributed by atoms with Gasteiger partial charge in [0.25, 0.3) is 5.91 Å². The molecule has 4 aromatic heterocycles. The van der Waals surface area contributed by atoms with E-state index in [0.717, 1.165) is 38.6 Å². The molecule has 1 aliphatic carbocycles. The molecule has 1 aliphatic rings. The molecule has 6 aromatic rings. The van der Waals surface area contributed by atoms with E-state index in [-0.39, 0.29) is 17.7 Å². The predicted molar refractivity (Wildman–Crippen MR) is 157 cm³/mol. The molecule has 7 rings (SSSR count). The summed E-state index contributed by atoms with van der Waals surface area (Å²) in [7, 11) is 0. The van der Waals surface area contributed by atoms with Crippen molar-refractivity contribution in [2.45, 2.75) is 5.92 Å². The van der Waals surface area contributed by atoms with Gasteiger partial charge in [-0.2, -0.15) is 5.10 Å². The highest BCUT2D eigenvalue weighted by atomic mass is 19.1. The lowest BCUT2D eigenvalue weighted by Crippen LogP contribution is -2.11. The van der Waals surface area contributed by atoms with Gasteiger partial charge in [-0.25, -0.2) is 9.37 Å². The molecular formula is C32H22FN7O. The minimum absolute atomic E-state index is 0.170. The number of aromatic nitrogens is 6. The summed E-state index contributed by atoms with van der Waals surface area (Å²) in [5.41, 5.74) is 6.79. The fraction of sp³-hybridized carbons (Fsp3) is 0.0312. The maximum atomic E-state index is 13.7. The molecule has 9 heteroatoms. The van der Waals surface area contributed by atoms with E-state index in [2.05, 4.69) is 30.5 Å². The molecule has 0 aliphatic heterocycles. The fourth-order valence-corrected chi connectivity index (χ4v) is 4.93. The van der Waals surface area contributed by atoms with Crippen LogP contribution in [0.5, 0.6) is 0 Å². The number of hydrogen-bond acceptors (Lipinski definition) is 5. The molecule has 3 N–H and O–H groups in total. The van der Waals surface area contributed by atoms with E-state index in [1.165, 1.54) is 12.2 Å². The molecular weight excluding hydrogens is 517 g/mol. The molecule has 198 valence electrons. The summed E-state index contributed by atoms with van der Waals surface area (Å²) in [5.74, 6) is -0.0844. The van der Waals surface area contributed by atoms with Crippen molar-refractivity contribution in [1.82, 2.24) is 30.1 Å². The van der Waals surface area contributed by atoms with Gasteiger partial charge in [0.15, 0.2) is 5.82 Å². The third-order valence-electron chi connectivity index (χ3n) is 6.97. The second-order valence-electron chi connectivity index (χ2n) is 9.65. The maximum absolute atomic E-state index is 13.7. The second kappa shape index (κ2) is 10.1. The van der Waals surface area contributed by atoms with Gasteiger partial charge in [0.2, 0.25) is 0 Å². The number of nitrogens with one attached hydrogen (secondary N) is 3. The third-order valence-corrected chi connectivity index (χ3v) is 6.97. The molecule has 0 spiro atoms. The Hall–Kier alpha value is -5.70. The molecule has 0 bridgehead atoms. The second-order valence-corrected chi connectivity index (χ2v) is 9.65. The normalized spacial score (nSPS) is 14.8. The smallest absolute Gasteiger partial charge is 0.255 e. The summed E-state index contributed by atoms with van der Waals surface area (Å²) in [5, 5.41) is 11.4. The molecule has 0 radical (unpaired) electrons. The highest BCUT2D eigenvalue weighted by Crippen LogP contribution is 2.33. The quantitative estimate of drug-likeness (QED) is 0.221. The number of nitrogens with zero attached hydrogens (tertiary/aromatic N) is 4. The van der Waals surface area contributed by atoms with Gasteiger partial charge in [-0.15, -0.1) is 0 Å². The summed E-state index contributed by atoms with van der Waals surface area (Å²) in [4.78, 5) is 29.6. The summed E-state index contributed by atoms with van der Waals surface area (Å²) in [6.45, 7) is 0. The molecule has 41 heavy (non-hydrogen) atoms. The van der Waals surface area contributed by atoms with Crippen LogP contribution in [0.4, 0.5) is 10.1 Å². The number of carbonyl (C=O) groups excluding carboxylic acids is 1. The lowest BCUT2D eigenvalue weighted by Gasteiger charge is -2.08. The Morgan fingerprint density at radius 3 is 2.68 bits per heavy atom. The Bertz CT molecular complexity index is 2020. The van der Waals surface area contributed by atoms with Gasteiger partial charge in [0.1, 0.15) is 11.5 Å². The van der Waals surface area contributed by atoms with Crippen LogP contribution in [-0.4, -0.2) is 36.0 Å². The SMILES string of the molecule is O=C(Nc1cncc(-c2ccc3[nH]nc(-c4nc5c(C6C=CC=C(F)C=C6)cncc5[nH]4)c3c2)c1)c1ccccc1. The number of aromatic amines is 2. The first-order chi connectivity index (χ1) is 20.1. The van der Waals surface area contributed by atoms with Crippen LogP contribution in [0.25, 0.3) is 44.6 Å². The zero-order valence-corrected chi connectivity index (χ0v) is 21.5. The number of imidazole rings is 1. The van der Waals surface area contributed by atoms with Crippen LogP contribution in [0.2, 0.25) is 0 Å². The van der Waals surface area contributed by atoms with Crippen molar-refractivity contribution >= 4 is 33.5 Å². The maximum Gasteiger partial charge on any atom is 0.255 e. The first kappa shape index (κ1) is 24.3. The molecule has 2 aromatic carbocycles. The van der Waals surface area contributed by atoms with Crippen molar-refractivity contribution in [3.63, 3.8) is 0 Å². The average Bonchev–Trinajstić information content (AvgIpc) is 3.57. The van der Waals surface area contributed by atoms with Crippen molar-refractivity contribution in [3.8, 4) is 22.6 Å². The van der Waals surface area contributed by atoms with E-state index in [9.17, 15) is 9.18 Å². The number of rotatable bonds is 5. The molecule has 0 saturated heterocycles. The van der Waals surface area contributed by atoms with Crippen LogP contribution in [-0.2, 0) is 0 Å². The number of halogens is 1. The van der Waals surface area contributed by atoms with Gasteiger partial charge in [-0.3, -0.25) is 19.9 Å². The minimum Gasteiger partial charge on any atom is -0.335 e. The standard InChI is InChI=1S/C32H22FN7O/c33-23-8-4-7-19(9-11-23)26-17-35-18-28-29(26)38-31(37-28)30-25-14-21(10-12-27(25)39-40-30)22-13-24(16-34-15-22)36-32(41)20-5-2-1-3-6-20/h1-19H,(H,36,41)(H,37,38)(H,39,40). The van der Waals surface area contributed by atoms with Crippen LogP contribution in [0, 0.1) is 0 Å². The van der Waals surface area contributed by atoms with Crippen molar-refractivity contribution < 1.29 is 9.18 Å². The summed E-state index contributed by atoms with van der Waals surface area (Å²) in [6, 6.07) is 16.9. The monoisotopic (exact) mass is 539 g/mol. The van der Waals surface area contributed by atoms with Gasteiger partial charge in [-0.1, -0.05) is 42.5 Å². The summed E-state index contributed by atoms with van der Waals surface area (Å²) >= 11 is 0. The van der Waals surface area contributed by atoms with Crippen LogP contribution in [0.3, 0.4) is 0 Å². The van der Waals surface area contributed by atoms with Gasteiger partial charge in [-0.05, 0) is 48.0 Å². The van der Waals surface area contributed by atoms with E-state index < -0.39 is 0 Å². The topological polar surface area (TPSA) is 112 Å². The largest absolute Gasteiger partial charge is 0.335 e. The Kier molecular flexibility index (Phi) is 6.01. The van der Waals surface area contributed by atoms with Gasteiger partial charge < -0.3 is 10.3 Å². The van der Waals surface area contributed by atoms with E-state index in [1.807, 2.05) is 48.5 Å². The number of allylic oxidation sites excluding steroid dienone is 6. The van der Waals surface area contributed by atoms with Crippen molar-refractivity contribution in [2.75, 3.05) is 5.32 Å². The number of H-pyrrole nitrogens is 2. The number of hydrogen-bond donors (Lipinski definition) is 3. The predicted octanol–water partition coefficient (Wildman–Crippen LogP) is 6.88. The molecule has 0 saturated carbocycles. The van der Waals surface area contributed by atoms with Crippen LogP contribution in [0.15, 0.2) is 116 Å². The molecule has 1 atom stereocenters. The Morgan fingerprint density at radius 1 is 0.902 bits per heavy atom. The van der Waals surface area contributed by atoms with E-state index >= 15 is 0 Å². The first-order valence-corrected chi connectivity index (χ1v) is 13.0. The zero-order valence-electron chi connectivity index (χ0n) is 21.5. The number of fused-ring (bicyclic) bond motifs is 2. The number of benzene rings is 2. The van der Waals surface area contributed by atoms with Crippen LogP contribution >= 0.6 is 0 Å². The Labute approximate surface area is 233 Å². The fourth-order valence-electron chi connectivity index (χ4n) is 4.93. The van der Waals surface area contributed by atoms with Crippen LogP contribution in [0.1, 0.15) is 21.8 Å². The molecule has 8 nitrogen and oxygen atoms in total. The molecule has 4 heterocycles. The van der Waals surface area contributed by atoms with Gasteiger partial charge >= 0.3 is 0 Å². The van der Waals surface area contributed by atoms with Gasteiger partial charge in [0.05, 0.1) is 34.6 Å². The number of amides is 1. The van der Waals surface area contributed by atoms with Gasteiger partial charge in [0, 0.05) is 40.4 Å². The third kappa shape index (κ3) is 4.70. The van der Waals surface area contributed by atoms with E-state index in [1.54, 1.807) is 49.1 Å². The molecule has 1 unspecified atom stereocenters. The lowest BCUT2D eigenvalue weighted by molar-refractivity contribution is 0.102. The highest BCUT2D eigenvalue weighted by molar-refractivity contribution is 6.04. The first-order valence-electron chi connectivity index (χ1n) is 13.0. The average molecular weight is 540 g/mol. The highest BCUT2D eigenvalue weighted by Gasteiger charge is 2.18. The van der Waals surface area contributed by atoms with Crippen molar-refractivity contribution in [2.24, 2.45) is 0 Å². The number of anilines is 1. The zero-order chi connectivity index (χ0) is 27.8. The van der Waals surface area contributed by atoms with E-state index in [0.29, 0.717) is 22.8 Å². The number of carbonyl (C=O) groups is 1. The molecule has 1 amide bonds. The number of pyridine rings is 2. The Balaban J connectivity index is 1.23. The summed E-state index contributed by atoms with van der Waals surface area (Å²) < 4.78 is 13.7.